The van der Waals surface area contributed by atoms with Gasteiger partial charge in [0.2, 0.25) is 0 Å². The van der Waals surface area contributed by atoms with Gasteiger partial charge in [0.05, 0.1) is 5.75 Å². The highest BCUT2D eigenvalue weighted by atomic mass is 32.2. The maximum absolute atomic E-state index is 13.8. The van der Waals surface area contributed by atoms with E-state index in [0.717, 1.165) is 44.2 Å². The second kappa shape index (κ2) is 11.2. The Morgan fingerprint density at radius 3 is 2.61 bits per heavy atom. The monoisotopic (exact) mass is 445 g/mol. The zero-order chi connectivity index (χ0) is 22.3. The minimum atomic E-state index is -2.90. The number of nitrogens with one attached hydrogen (secondary N) is 1. The number of rotatable bonds is 11. The van der Waals surface area contributed by atoms with Crippen LogP contribution in [0.5, 0.6) is 0 Å². The number of fused-ring (bicyclic) bond motifs is 1. The minimum Gasteiger partial charge on any atom is -0.314 e. The van der Waals surface area contributed by atoms with Crippen molar-refractivity contribution in [2.45, 2.75) is 70.8 Å². The highest BCUT2D eigenvalue weighted by Gasteiger charge is 2.29. The summed E-state index contributed by atoms with van der Waals surface area (Å²) in [5, 5.41) is 3.65. The van der Waals surface area contributed by atoms with E-state index in [-0.39, 0.29) is 11.6 Å². The van der Waals surface area contributed by atoms with Crippen LogP contribution in [0, 0.1) is 5.82 Å². The quantitative estimate of drug-likeness (QED) is 0.482. The Morgan fingerprint density at radius 2 is 1.87 bits per heavy atom. The van der Waals surface area contributed by atoms with Gasteiger partial charge in [-0.2, -0.15) is 0 Å². The average Bonchev–Trinajstić information content (AvgIpc) is 2.73. The summed E-state index contributed by atoms with van der Waals surface area (Å²) in [6.07, 6.45) is 6.15. The van der Waals surface area contributed by atoms with Crippen LogP contribution in [-0.4, -0.2) is 32.5 Å². The topological polar surface area (TPSA) is 46.2 Å². The number of hydrogen-bond acceptors (Lipinski definition) is 3. The van der Waals surface area contributed by atoms with Crippen LogP contribution < -0.4 is 5.32 Å². The van der Waals surface area contributed by atoms with Gasteiger partial charge in [-0.15, -0.1) is 0 Å². The van der Waals surface area contributed by atoms with Crippen molar-refractivity contribution < 1.29 is 12.8 Å². The van der Waals surface area contributed by atoms with Gasteiger partial charge in [0, 0.05) is 17.7 Å². The number of halogens is 1. The summed E-state index contributed by atoms with van der Waals surface area (Å²) in [4.78, 5) is 0. The van der Waals surface area contributed by atoms with E-state index >= 15 is 0 Å². The lowest BCUT2D eigenvalue weighted by atomic mass is 9.75. The molecule has 0 radical (unpaired) electrons. The molecule has 170 valence electrons. The molecule has 3 rings (SSSR count). The molecule has 0 aromatic heterocycles. The van der Waals surface area contributed by atoms with Crippen LogP contribution in [0.15, 0.2) is 42.5 Å². The highest BCUT2D eigenvalue weighted by molar-refractivity contribution is 7.91. The molecule has 2 unspecified atom stereocenters. The summed E-state index contributed by atoms with van der Waals surface area (Å²) in [6.45, 7) is 4.97. The second-order valence-corrected chi connectivity index (χ2v) is 11.1. The first-order valence-electron chi connectivity index (χ1n) is 11.7. The highest BCUT2D eigenvalue weighted by Crippen LogP contribution is 2.35. The van der Waals surface area contributed by atoms with Gasteiger partial charge in [-0.05, 0) is 85.9 Å². The SMILES string of the molecule is CCCS(=O)(=O)CCCCc1ccc2c(c1)C(Cc1cccc(F)c1)C(NCC)CC2. The van der Waals surface area contributed by atoms with E-state index in [2.05, 4.69) is 30.4 Å². The first-order valence-corrected chi connectivity index (χ1v) is 13.5. The van der Waals surface area contributed by atoms with Gasteiger partial charge in [0.15, 0.2) is 0 Å². The van der Waals surface area contributed by atoms with Crippen LogP contribution >= 0.6 is 0 Å². The summed E-state index contributed by atoms with van der Waals surface area (Å²) < 4.78 is 37.6. The number of aryl methyl sites for hydroxylation is 2. The number of likely N-dealkylation sites (N-methyl/N-ethyl adjacent to an activating group) is 1. The third-order valence-electron chi connectivity index (χ3n) is 6.32. The van der Waals surface area contributed by atoms with Crippen molar-refractivity contribution in [3.05, 3.63) is 70.5 Å². The van der Waals surface area contributed by atoms with Crippen LogP contribution in [0.25, 0.3) is 0 Å². The largest absolute Gasteiger partial charge is 0.314 e. The molecule has 3 nitrogen and oxygen atoms in total. The molecule has 31 heavy (non-hydrogen) atoms. The molecule has 1 aliphatic rings. The fraction of sp³-hybridized carbons (Fsp3) is 0.538. The molecule has 1 N–H and O–H groups in total. The molecule has 2 aromatic carbocycles. The Hall–Kier alpha value is -1.72. The van der Waals surface area contributed by atoms with Crippen molar-refractivity contribution >= 4 is 9.84 Å². The van der Waals surface area contributed by atoms with Gasteiger partial charge in [-0.1, -0.05) is 44.2 Å². The van der Waals surface area contributed by atoms with E-state index < -0.39 is 9.84 Å². The average molecular weight is 446 g/mol. The summed E-state index contributed by atoms with van der Waals surface area (Å²) in [5.41, 5.74) is 5.07. The molecule has 2 aromatic rings. The molecule has 0 saturated carbocycles. The predicted molar refractivity (Wildman–Crippen MR) is 127 cm³/mol. The predicted octanol–water partition coefficient (Wildman–Crippen LogP) is 5.22. The van der Waals surface area contributed by atoms with E-state index in [0.29, 0.717) is 30.6 Å². The molecular weight excluding hydrogens is 409 g/mol. The minimum absolute atomic E-state index is 0.180. The molecule has 0 amide bonds. The third kappa shape index (κ3) is 6.88. The van der Waals surface area contributed by atoms with Crippen LogP contribution in [0.3, 0.4) is 0 Å². The lowest BCUT2D eigenvalue weighted by molar-refractivity contribution is 0.391. The Kier molecular flexibility index (Phi) is 8.67. The van der Waals surface area contributed by atoms with Crippen LogP contribution in [0.2, 0.25) is 0 Å². The summed E-state index contributed by atoms with van der Waals surface area (Å²) in [5.74, 6) is 0.714. The number of hydrogen-bond donors (Lipinski definition) is 1. The van der Waals surface area contributed by atoms with Crippen molar-refractivity contribution in [3.63, 3.8) is 0 Å². The van der Waals surface area contributed by atoms with Crippen molar-refractivity contribution in [2.75, 3.05) is 18.1 Å². The lowest BCUT2D eigenvalue weighted by Gasteiger charge is -2.35. The van der Waals surface area contributed by atoms with Crippen LogP contribution in [0.4, 0.5) is 4.39 Å². The molecule has 0 aliphatic heterocycles. The van der Waals surface area contributed by atoms with Gasteiger partial charge in [-0.3, -0.25) is 0 Å². The van der Waals surface area contributed by atoms with Gasteiger partial charge < -0.3 is 5.32 Å². The third-order valence-corrected chi connectivity index (χ3v) is 8.26. The summed E-state index contributed by atoms with van der Waals surface area (Å²) in [7, 11) is -2.90. The molecule has 0 bridgehead atoms. The van der Waals surface area contributed by atoms with E-state index in [1.807, 2.05) is 13.0 Å². The van der Waals surface area contributed by atoms with Crippen molar-refractivity contribution in [1.82, 2.24) is 5.32 Å². The zero-order valence-electron chi connectivity index (χ0n) is 18.9. The second-order valence-electron chi connectivity index (χ2n) is 8.79. The number of benzene rings is 2. The molecule has 2 atom stereocenters. The van der Waals surface area contributed by atoms with Crippen molar-refractivity contribution in [1.29, 1.82) is 0 Å². The molecule has 0 fully saturated rings. The maximum Gasteiger partial charge on any atom is 0.150 e. The first kappa shape index (κ1) is 23.9. The maximum atomic E-state index is 13.8. The normalized spacial score (nSPS) is 18.7. The van der Waals surface area contributed by atoms with Gasteiger partial charge >= 0.3 is 0 Å². The van der Waals surface area contributed by atoms with E-state index in [9.17, 15) is 12.8 Å². The Morgan fingerprint density at radius 1 is 1.03 bits per heavy atom. The summed E-state index contributed by atoms with van der Waals surface area (Å²) >= 11 is 0. The van der Waals surface area contributed by atoms with Crippen LogP contribution in [0.1, 0.15) is 67.7 Å². The number of unbranched alkanes of at least 4 members (excludes halogenated alkanes) is 1. The van der Waals surface area contributed by atoms with Gasteiger partial charge in [-0.25, -0.2) is 12.8 Å². The standard InChI is InChI=1S/C26H36FNO2S/c1-3-15-31(29,30)16-6-5-8-20-11-12-22-13-14-26(28-4-2)25(24(22)18-20)19-21-9-7-10-23(27)17-21/h7,9-12,17-18,25-26,28H,3-6,8,13-16,19H2,1-2H3. The molecule has 5 heteroatoms. The van der Waals surface area contributed by atoms with Gasteiger partial charge in [0.25, 0.3) is 0 Å². The Bertz CT molecular complexity index is 958. The lowest BCUT2D eigenvalue weighted by Crippen LogP contribution is -2.39. The Labute approximate surface area is 187 Å². The fourth-order valence-corrected chi connectivity index (χ4v) is 6.31. The fourth-order valence-electron chi connectivity index (χ4n) is 4.84. The molecule has 0 spiro atoms. The van der Waals surface area contributed by atoms with E-state index in [1.54, 1.807) is 12.1 Å². The summed E-state index contributed by atoms with van der Waals surface area (Å²) in [6, 6.07) is 14.1. The van der Waals surface area contributed by atoms with Crippen molar-refractivity contribution in [2.24, 2.45) is 0 Å². The molecule has 0 saturated heterocycles. The van der Waals surface area contributed by atoms with Crippen molar-refractivity contribution in [3.8, 4) is 0 Å². The van der Waals surface area contributed by atoms with Crippen LogP contribution in [-0.2, 0) is 29.1 Å². The zero-order valence-corrected chi connectivity index (χ0v) is 19.7. The molecular formula is C26H36FNO2S. The van der Waals surface area contributed by atoms with E-state index in [4.69, 9.17) is 0 Å². The smallest absolute Gasteiger partial charge is 0.150 e. The molecule has 1 aliphatic carbocycles. The first-order chi connectivity index (χ1) is 14.9. The number of sulfone groups is 1. The van der Waals surface area contributed by atoms with E-state index in [1.165, 1.54) is 22.8 Å². The molecule has 0 heterocycles. The Balaban J connectivity index is 1.73. The van der Waals surface area contributed by atoms with Gasteiger partial charge in [0.1, 0.15) is 15.7 Å².